The van der Waals surface area contributed by atoms with Gasteiger partial charge < -0.3 is 24.9 Å². The van der Waals surface area contributed by atoms with Gasteiger partial charge in [-0.1, -0.05) is 6.07 Å². The number of nitrogens with one attached hydrogen (secondary N) is 2. The van der Waals surface area contributed by atoms with Gasteiger partial charge in [0.15, 0.2) is 0 Å². The molecule has 2 saturated heterocycles. The summed E-state index contributed by atoms with van der Waals surface area (Å²) in [6.45, 7) is 3.85. The highest BCUT2D eigenvalue weighted by Gasteiger charge is 2.44. The zero-order valence-electron chi connectivity index (χ0n) is 23.2. The minimum Gasteiger partial charge on any atom is -0.395 e. The van der Waals surface area contributed by atoms with Gasteiger partial charge in [-0.3, -0.25) is 9.18 Å². The molecule has 40 heavy (non-hydrogen) atoms. The largest absolute Gasteiger partial charge is 0.395 e. The summed E-state index contributed by atoms with van der Waals surface area (Å²) in [5.74, 6) is 1.91. The molecule has 218 valence electrons. The van der Waals surface area contributed by atoms with Crippen LogP contribution in [0.2, 0.25) is 0 Å². The Hall–Kier alpha value is -2.66. The fraction of sp³-hybridized carbons (Fsp3) is 0.621. The number of aryl methyl sites for hydroxylation is 1. The number of piperidine rings is 1. The summed E-state index contributed by atoms with van der Waals surface area (Å²) in [6.07, 6.45) is 8.64. The Bertz CT molecular complexity index is 1190. The van der Waals surface area contributed by atoms with Crippen LogP contribution in [0.1, 0.15) is 67.8 Å². The average molecular weight is 575 g/mol. The molecule has 8 nitrogen and oxygen atoms in total. The molecule has 1 unspecified atom stereocenters. The third kappa shape index (κ3) is 6.97. The lowest BCUT2D eigenvalue weighted by Gasteiger charge is -2.35. The van der Waals surface area contributed by atoms with E-state index in [9.17, 15) is 13.6 Å². The Kier molecular flexibility index (Phi) is 8.99. The van der Waals surface area contributed by atoms with Gasteiger partial charge in [0.2, 0.25) is 0 Å². The van der Waals surface area contributed by atoms with Crippen LogP contribution in [0.5, 0.6) is 0 Å². The van der Waals surface area contributed by atoms with E-state index in [0.29, 0.717) is 66.4 Å². The number of aliphatic hydroxyl groups excluding tert-OH is 1. The molecule has 1 saturated carbocycles. The predicted molar refractivity (Wildman–Crippen MR) is 158 cm³/mol. The second-order valence-corrected chi connectivity index (χ2v) is 12.5. The molecule has 1 atom stereocenters. The highest BCUT2D eigenvalue weighted by molar-refractivity contribution is 8.00. The summed E-state index contributed by atoms with van der Waals surface area (Å²) in [5.41, 5.74) is 1.44. The Morgan fingerprint density at radius 3 is 2.55 bits per heavy atom. The van der Waals surface area contributed by atoms with Gasteiger partial charge in [0, 0.05) is 44.1 Å². The first-order valence-electron chi connectivity index (χ1n) is 14.4. The molecule has 11 heteroatoms. The number of hydrogen-bond acceptors (Lipinski definition) is 8. The summed E-state index contributed by atoms with van der Waals surface area (Å²) in [6, 6.07) is 5.58. The van der Waals surface area contributed by atoms with Crippen LogP contribution in [-0.2, 0) is 6.42 Å². The average Bonchev–Trinajstić information content (AvgIpc) is 3.60. The molecular formula is C29H40F2N6O2S. The number of amides is 1. The summed E-state index contributed by atoms with van der Waals surface area (Å²) in [7, 11) is 0. The first-order valence-corrected chi connectivity index (χ1v) is 15.3. The van der Waals surface area contributed by atoms with Gasteiger partial charge in [0.25, 0.3) is 5.91 Å². The first-order chi connectivity index (χ1) is 19.3. The molecule has 1 spiro atoms. The lowest BCUT2D eigenvalue weighted by molar-refractivity contribution is 0.102. The predicted octanol–water partition coefficient (Wildman–Crippen LogP) is 5.39. The minimum absolute atomic E-state index is 0.0604. The number of hydrogen-bond donors (Lipinski definition) is 3. The second kappa shape index (κ2) is 12.5. The van der Waals surface area contributed by atoms with E-state index in [0.717, 1.165) is 37.2 Å². The van der Waals surface area contributed by atoms with Crippen molar-refractivity contribution < 1.29 is 18.7 Å². The number of carbonyl (C=O) groups excluding carboxylic acids is 1. The molecule has 0 aromatic carbocycles. The number of unbranched alkanes of at least 4 members (excludes halogenated alkanes) is 1. The molecular weight excluding hydrogens is 534 g/mol. The Morgan fingerprint density at radius 2 is 1.88 bits per heavy atom. The molecule has 2 aromatic heterocycles. The van der Waals surface area contributed by atoms with Crippen molar-refractivity contribution in [1.82, 2.24) is 9.97 Å². The molecule has 5 rings (SSSR count). The maximum atomic E-state index is 14.7. The number of rotatable bonds is 12. The van der Waals surface area contributed by atoms with Crippen molar-refractivity contribution in [3.63, 3.8) is 0 Å². The molecule has 1 aliphatic carbocycles. The molecule has 0 bridgehead atoms. The van der Waals surface area contributed by atoms with Gasteiger partial charge in [0.05, 0.1) is 31.1 Å². The van der Waals surface area contributed by atoms with Gasteiger partial charge in [0.1, 0.15) is 23.1 Å². The van der Waals surface area contributed by atoms with Crippen LogP contribution in [0.25, 0.3) is 0 Å². The smallest absolute Gasteiger partial charge is 0.260 e. The maximum absolute atomic E-state index is 14.7. The molecule has 4 heterocycles. The van der Waals surface area contributed by atoms with Crippen LogP contribution < -0.4 is 19.8 Å². The van der Waals surface area contributed by atoms with Crippen molar-refractivity contribution in [2.75, 3.05) is 65.1 Å². The SMILES string of the molecule is CC1(F)CCN(c2nc(NC(=O)c3cnc(NSCCO)cc3N3CCC4(CC3)CC4)ccc2CCCCF)C1. The topological polar surface area (TPSA) is 93.6 Å². The molecule has 1 amide bonds. The second-order valence-electron chi connectivity index (χ2n) is 11.6. The van der Waals surface area contributed by atoms with E-state index in [1.165, 1.54) is 24.8 Å². The van der Waals surface area contributed by atoms with Crippen LogP contribution in [0.15, 0.2) is 24.4 Å². The fourth-order valence-corrected chi connectivity index (χ4v) is 6.17. The molecule has 3 aliphatic rings. The molecule has 3 N–H and O–H groups in total. The van der Waals surface area contributed by atoms with Crippen molar-refractivity contribution in [3.05, 3.63) is 35.5 Å². The summed E-state index contributed by atoms with van der Waals surface area (Å²) < 4.78 is 30.6. The third-order valence-electron chi connectivity index (χ3n) is 8.37. The summed E-state index contributed by atoms with van der Waals surface area (Å²) >= 11 is 1.37. The van der Waals surface area contributed by atoms with Crippen LogP contribution in [0.4, 0.5) is 31.9 Å². The molecule has 3 fully saturated rings. The van der Waals surface area contributed by atoms with Gasteiger partial charge in [-0.05, 0) is 80.9 Å². The lowest BCUT2D eigenvalue weighted by atomic mass is 9.93. The lowest BCUT2D eigenvalue weighted by Crippen LogP contribution is -2.36. The summed E-state index contributed by atoms with van der Waals surface area (Å²) in [4.78, 5) is 27.0. The maximum Gasteiger partial charge on any atom is 0.260 e. The third-order valence-corrected chi connectivity index (χ3v) is 9.11. The van der Waals surface area contributed by atoms with E-state index < -0.39 is 5.67 Å². The zero-order chi connectivity index (χ0) is 28.2. The van der Waals surface area contributed by atoms with Crippen LogP contribution in [0, 0.1) is 5.41 Å². The van der Waals surface area contributed by atoms with Gasteiger partial charge >= 0.3 is 0 Å². The monoisotopic (exact) mass is 574 g/mol. The Balaban J connectivity index is 1.37. The number of nitrogens with zero attached hydrogens (tertiary/aromatic N) is 4. The number of halogens is 2. The fourth-order valence-electron chi connectivity index (χ4n) is 5.72. The number of aromatic nitrogens is 2. The van der Waals surface area contributed by atoms with Crippen molar-refractivity contribution in [2.24, 2.45) is 5.41 Å². The molecule has 0 radical (unpaired) electrons. The molecule has 2 aliphatic heterocycles. The van der Waals surface area contributed by atoms with Crippen LogP contribution >= 0.6 is 11.9 Å². The van der Waals surface area contributed by atoms with Crippen molar-refractivity contribution in [2.45, 2.75) is 64.0 Å². The standard InChI is InChI=1S/C29H40F2N6O2S/c1-28(31)9-13-37(20-28)26-21(4-2-3-12-30)5-6-24(33-26)34-27(39)22-19-32-25(35-40-17-16-38)18-23(22)36-14-10-29(7-8-29)11-15-36/h5-6,18-19,38H,2-4,7-17,20H2,1H3,(H,32,35)(H,33,34,39). The number of carbonyl (C=O) groups is 1. The Morgan fingerprint density at radius 1 is 1.10 bits per heavy atom. The van der Waals surface area contributed by atoms with Crippen molar-refractivity contribution in [3.8, 4) is 0 Å². The van der Waals surface area contributed by atoms with Crippen molar-refractivity contribution >= 4 is 41.0 Å². The van der Waals surface area contributed by atoms with E-state index in [4.69, 9.17) is 10.1 Å². The first kappa shape index (κ1) is 28.9. The van der Waals surface area contributed by atoms with Crippen molar-refractivity contribution in [1.29, 1.82) is 0 Å². The van der Waals surface area contributed by atoms with Gasteiger partial charge in [-0.25, -0.2) is 14.4 Å². The Labute approximate surface area is 239 Å². The normalized spacial score (nSPS) is 21.6. The molecule has 2 aromatic rings. The quantitative estimate of drug-likeness (QED) is 0.230. The highest BCUT2D eigenvalue weighted by Crippen LogP contribution is 2.54. The highest BCUT2D eigenvalue weighted by atomic mass is 32.2. The van der Waals surface area contributed by atoms with E-state index in [-0.39, 0.29) is 25.7 Å². The van der Waals surface area contributed by atoms with E-state index in [1.54, 1.807) is 19.2 Å². The van der Waals surface area contributed by atoms with E-state index >= 15 is 0 Å². The van der Waals surface area contributed by atoms with Crippen LogP contribution in [-0.4, -0.2) is 71.9 Å². The van der Waals surface area contributed by atoms with E-state index in [2.05, 4.69) is 19.9 Å². The van der Waals surface area contributed by atoms with Gasteiger partial charge in [-0.15, -0.1) is 0 Å². The van der Waals surface area contributed by atoms with Crippen LogP contribution in [0.3, 0.4) is 0 Å². The summed E-state index contributed by atoms with van der Waals surface area (Å²) in [5, 5.41) is 12.1. The van der Waals surface area contributed by atoms with Gasteiger partial charge in [-0.2, -0.15) is 0 Å². The number of anilines is 4. The zero-order valence-corrected chi connectivity index (χ0v) is 24.0. The minimum atomic E-state index is -1.30. The number of pyridine rings is 2. The number of aliphatic hydroxyl groups is 1. The van der Waals surface area contributed by atoms with E-state index in [1.807, 2.05) is 17.0 Å². The number of alkyl halides is 2.